The Kier molecular flexibility index (Phi) is 5.70. The summed E-state index contributed by atoms with van der Waals surface area (Å²) in [4.78, 5) is 28.0. The predicted octanol–water partition coefficient (Wildman–Crippen LogP) is 2.19. The minimum atomic E-state index is -1.05. The summed E-state index contributed by atoms with van der Waals surface area (Å²) in [5.41, 5.74) is 1.85. The van der Waals surface area contributed by atoms with Crippen molar-refractivity contribution in [2.24, 2.45) is 0 Å². The molecule has 2 aromatic rings. The Morgan fingerprint density at radius 2 is 2.23 bits per heavy atom. The number of aliphatic carboxylic acids is 1. The number of amides is 1. The topological polar surface area (TPSA) is 97.8 Å². The molecule has 2 heterocycles. The fourth-order valence-electron chi connectivity index (χ4n) is 3.00. The zero-order valence-electron chi connectivity index (χ0n) is 14.2. The number of halogens is 1. The molecule has 138 valence electrons. The van der Waals surface area contributed by atoms with Crippen molar-refractivity contribution in [1.29, 1.82) is 0 Å². The molecular formula is C18H19ClN2O5. The van der Waals surface area contributed by atoms with Crippen molar-refractivity contribution in [3.63, 3.8) is 0 Å². The lowest BCUT2D eigenvalue weighted by atomic mass is 10.0. The Morgan fingerprint density at radius 1 is 1.42 bits per heavy atom. The Labute approximate surface area is 155 Å². The first kappa shape index (κ1) is 18.6. The van der Waals surface area contributed by atoms with E-state index in [-0.39, 0.29) is 12.5 Å². The minimum Gasteiger partial charge on any atom is -0.480 e. The molecule has 3 rings (SSSR count). The highest BCUT2D eigenvalue weighted by atomic mass is 35.5. The number of pyridine rings is 1. The number of ether oxygens (including phenoxy) is 2. The number of aromatic nitrogens is 1. The molecule has 0 bridgehead atoms. The number of carboxylic acid groups (broad SMARTS) is 1. The minimum absolute atomic E-state index is 0.263. The lowest BCUT2D eigenvalue weighted by molar-refractivity contribution is -0.147. The smallest absolute Gasteiger partial charge is 0.329 e. The van der Waals surface area contributed by atoms with Gasteiger partial charge in [-0.25, -0.2) is 4.79 Å². The third-order valence-corrected chi connectivity index (χ3v) is 4.41. The van der Waals surface area contributed by atoms with E-state index in [1.54, 1.807) is 24.3 Å². The zero-order valence-corrected chi connectivity index (χ0v) is 15.0. The second kappa shape index (κ2) is 7.99. The molecule has 2 N–H and O–H groups in total. The summed E-state index contributed by atoms with van der Waals surface area (Å²) in [6.45, 7) is 2.12. The third kappa shape index (κ3) is 4.30. The molecule has 1 aliphatic heterocycles. The van der Waals surface area contributed by atoms with Gasteiger partial charge >= 0.3 is 5.97 Å². The molecule has 1 saturated heterocycles. The van der Waals surface area contributed by atoms with E-state index in [2.05, 4.69) is 10.3 Å². The number of hydrogen-bond acceptors (Lipinski definition) is 5. The maximum absolute atomic E-state index is 12.9. The molecule has 7 nitrogen and oxygen atoms in total. The van der Waals surface area contributed by atoms with Gasteiger partial charge in [0.2, 0.25) is 0 Å². The molecular weight excluding hydrogens is 360 g/mol. The first-order valence-corrected chi connectivity index (χ1v) is 8.61. The average Bonchev–Trinajstić information content (AvgIpc) is 2.60. The van der Waals surface area contributed by atoms with E-state index in [1.807, 2.05) is 6.92 Å². The van der Waals surface area contributed by atoms with Crippen molar-refractivity contribution in [1.82, 2.24) is 10.3 Å². The van der Waals surface area contributed by atoms with Gasteiger partial charge in [0.25, 0.3) is 5.91 Å². The standard InChI is InChI=1S/C18H19ClN2O5/c1-10-6-13(12-7-11(19)2-3-14(12)20-10)18(24)21-15-8-25-5-4-16(15)26-9-17(22)23/h2-3,6-7,15-16H,4-5,8-9H2,1H3,(H,21,24)(H,22,23)/t15-,16+/m1/s1. The Balaban J connectivity index is 1.83. The van der Waals surface area contributed by atoms with Gasteiger partial charge in [-0.05, 0) is 37.6 Å². The summed E-state index contributed by atoms with van der Waals surface area (Å²) in [7, 11) is 0. The molecule has 0 saturated carbocycles. The molecule has 0 unspecified atom stereocenters. The molecule has 0 radical (unpaired) electrons. The maximum atomic E-state index is 12.9. The van der Waals surface area contributed by atoms with Crippen molar-refractivity contribution < 1.29 is 24.2 Å². The van der Waals surface area contributed by atoms with Gasteiger partial charge in [0, 0.05) is 22.7 Å². The van der Waals surface area contributed by atoms with Gasteiger partial charge in [0.15, 0.2) is 0 Å². The quantitative estimate of drug-likeness (QED) is 0.827. The van der Waals surface area contributed by atoms with Gasteiger partial charge in [-0.2, -0.15) is 0 Å². The van der Waals surface area contributed by atoms with Crippen molar-refractivity contribution in [2.75, 3.05) is 19.8 Å². The summed E-state index contributed by atoms with van der Waals surface area (Å²) >= 11 is 6.07. The zero-order chi connectivity index (χ0) is 18.7. The molecule has 1 aliphatic rings. The second-order valence-electron chi connectivity index (χ2n) is 6.16. The predicted molar refractivity (Wildman–Crippen MR) is 95.6 cm³/mol. The van der Waals surface area contributed by atoms with Gasteiger partial charge in [0.1, 0.15) is 6.61 Å². The van der Waals surface area contributed by atoms with Crippen LogP contribution in [-0.4, -0.2) is 53.9 Å². The van der Waals surface area contributed by atoms with Crippen molar-refractivity contribution >= 4 is 34.4 Å². The van der Waals surface area contributed by atoms with Crippen molar-refractivity contribution in [3.05, 3.63) is 40.5 Å². The molecule has 0 aliphatic carbocycles. The first-order chi connectivity index (χ1) is 12.4. The normalized spacial score (nSPS) is 20.1. The van der Waals surface area contributed by atoms with Gasteiger partial charge < -0.3 is 19.9 Å². The lowest BCUT2D eigenvalue weighted by Gasteiger charge is -2.31. The number of carboxylic acids is 1. The van der Waals surface area contributed by atoms with E-state index in [1.165, 1.54) is 0 Å². The number of nitrogens with zero attached hydrogens (tertiary/aromatic N) is 1. The van der Waals surface area contributed by atoms with E-state index in [9.17, 15) is 9.59 Å². The monoisotopic (exact) mass is 378 g/mol. The molecule has 26 heavy (non-hydrogen) atoms. The van der Waals surface area contributed by atoms with Crippen LogP contribution in [0.1, 0.15) is 22.5 Å². The number of carbonyl (C=O) groups excluding carboxylic acids is 1. The number of hydrogen-bond donors (Lipinski definition) is 2. The van der Waals surface area contributed by atoms with E-state index < -0.39 is 24.7 Å². The maximum Gasteiger partial charge on any atom is 0.329 e. The van der Waals surface area contributed by atoms with E-state index in [0.29, 0.717) is 40.2 Å². The number of rotatable bonds is 5. The van der Waals surface area contributed by atoms with Crippen LogP contribution < -0.4 is 5.32 Å². The van der Waals surface area contributed by atoms with Gasteiger partial charge in [-0.15, -0.1) is 0 Å². The van der Waals surface area contributed by atoms with Crippen LogP contribution in [0, 0.1) is 6.92 Å². The van der Waals surface area contributed by atoms with Gasteiger partial charge in [0.05, 0.1) is 29.8 Å². The van der Waals surface area contributed by atoms with Crippen LogP contribution in [0.15, 0.2) is 24.3 Å². The second-order valence-corrected chi connectivity index (χ2v) is 6.60. The highest BCUT2D eigenvalue weighted by Crippen LogP contribution is 2.23. The van der Waals surface area contributed by atoms with E-state index >= 15 is 0 Å². The van der Waals surface area contributed by atoms with E-state index in [4.69, 9.17) is 26.2 Å². The van der Waals surface area contributed by atoms with E-state index in [0.717, 1.165) is 0 Å². The first-order valence-electron chi connectivity index (χ1n) is 8.23. The highest BCUT2D eigenvalue weighted by molar-refractivity contribution is 6.31. The van der Waals surface area contributed by atoms with Crippen LogP contribution in [0.25, 0.3) is 10.9 Å². The van der Waals surface area contributed by atoms with Crippen LogP contribution in [-0.2, 0) is 14.3 Å². The number of carbonyl (C=O) groups is 2. The van der Waals surface area contributed by atoms with Crippen molar-refractivity contribution in [3.8, 4) is 0 Å². The molecule has 8 heteroatoms. The summed E-state index contributed by atoms with van der Waals surface area (Å²) < 4.78 is 10.8. The SMILES string of the molecule is Cc1cc(C(=O)N[C@@H]2COCC[C@@H]2OCC(=O)O)c2cc(Cl)ccc2n1. The molecule has 1 aromatic carbocycles. The van der Waals surface area contributed by atoms with Crippen LogP contribution in [0.3, 0.4) is 0 Å². The Hall–Kier alpha value is -2.22. The fourth-order valence-corrected chi connectivity index (χ4v) is 3.17. The number of fused-ring (bicyclic) bond motifs is 1. The summed E-state index contributed by atoms with van der Waals surface area (Å²) in [5.74, 6) is -1.35. The van der Waals surface area contributed by atoms with Crippen LogP contribution in [0.5, 0.6) is 0 Å². The van der Waals surface area contributed by atoms with Crippen molar-refractivity contribution in [2.45, 2.75) is 25.5 Å². The summed E-state index contributed by atoms with van der Waals surface area (Å²) in [6.07, 6.45) is 0.0989. The number of benzene rings is 1. The number of nitrogens with one attached hydrogen (secondary N) is 1. The average molecular weight is 379 g/mol. The molecule has 1 fully saturated rings. The van der Waals surface area contributed by atoms with Gasteiger partial charge in [-0.1, -0.05) is 11.6 Å². The summed E-state index contributed by atoms with van der Waals surface area (Å²) in [6, 6.07) is 6.46. The number of aryl methyl sites for hydroxylation is 1. The van der Waals surface area contributed by atoms with Crippen LogP contribution in [0.4, 0.5) is 0 Å². The van der Waals surface area contributed by atoms with Gasteiger partial charge in [-0.3, -0.25) is 9.78 Å². The van der Waals surface area contributed by atoms with Crippen LogP contribution in [0.2, 0.25) is 5.02 Å². The largest absolute Gasteiger partial charge is 0.480 e. The molecule has 2 atom stereocenters. The lowest BCUT2D eigenvalue weighted by Crippen LogP contribution is -2.51. The summed E-state index contributed by atoms with van der Waals surface area (Å²) in [5, 5.41) is 12.9. The molecule has 1 aromatic heterocycles. The molecule has 1 amide bonds. The third-order valence-electron chi connectivity index (χ3n) is 4.17. The fraction of sp³-hybridized carbons (Fsp3) is 0.389. The highest BCUT2D eigenvalue weighted by Gasteiger charge is 2.29. The Morgan fingerprint density at radius 3 is 3.00 bits per heavy atom. The van der Waals surface area contributed by atoms with Crippen LogP contribution >= 0.6 is 11.6 Å². The molecule has 0 spiro atoms. The Bertz CT molecular complexity index is 842.